The Labute approximate surface area is 143 Å². The third kappa shape index (κ3) is 4.19. The van der Waals surface area contributed by atoms with Crippen LogP contribution in [0.4, 0.5) is 4.79 Å². The first-order valence-electron chi connectivity index (χ1n) is 8.82. The van der Waals surface area contributed by atoms with Crippen molar-refractivity contribution in [1.82, 2.24) is 16.0 Å². The van der Waals surface area contributed by atoms with Crippen molar-refractivity contribution in [2.45, 2.75) is 70.9 Å². The third-order valence-corrected chi connectivity index (χ3v) is 5.15. The predicted molar refractivity (Wildman–Crippen MR) is 89.3 cm³/mol. The second kappa shape index (κ2) is 7.40. The Morgan fingerprint density at radius 2 is 1.96 bits per heavy atom. The highest BCUT2D eigenvalue weighted by atomic mass is 16.5. The lowest BCUT2D eigenvalue weighted by atomic mass is 9.86. The van der Waals surface area contributed by atoms with E-state index in [1.165, 1.54) is 0 Å². The molecule has 0 bridgehead atoms. The first-order chi connectivity index (χ1) is 11.3. The number of ether oxygens (including phenoxy) is 1. The van der Waals surface area contributed by atoms with E-state index >= 15 is 0 Å². The second-order valence-corrected chi connectivity index (χ2v) is 7.40. The van der Waals surface area contributed by atoms with Crippen LogP contribution in [-0.2, 0) is 14.3 Å². The summed E-state index contributed by atoms with van der Waals surface area (Å²) in [6.07, 6.45) is 4.46. The number of hydrogen-bond donors (Lipinski definition) is 3. The molecule has 1 aliphatic carbocycles. The Balaban J connectivity index is 1.90. The Kier molecular flexibility index (Phi) is 5.72. The van der Waals surface area contributed by atoms with Crippen LogP contribution in [0, 0.1) is 5.41 Å². The van der Waals surface area contributed by atoms with E-state index in [0.717, 1.165) is 25.7 Å². The Bertz CT molecular complexity index is 498. The van der Waals surface area contributed by atoms with Gasteiger partial charge in [0.25, 0.3) is 0 Å². The van der Waals surface area contributed by atoms with Crippen LogP contribution >= 0.6 is 0 Å². The maximum atomic E-state index is 12.3. The highest BCUT2D eigenvalue weighted by Crippen LogP contribution is 2.38. The number of urea groups is 1. The molecule has 1 aliphatic heterocycles. The summed E-state index contributed by atoms with van der Waals surface area (Å²) < 4.78 is 5.20. The minimum atomic E-state index is -0.594. The molecule has 0 aromatic rings. The van der Waals surface area contributed by atoms with Gasteiger partial charge in [-0.05, 0) is 40.0 Å². The molecule has 7 nitrogen and oxygen atoms in total. The number of nitrogens with one attached hydrogen (secondary N) is 3. The number of carbonyl (C=O) groups excluding carboxylic acids is 3. The van der Waals surface area contributed by atoms with Crippen molar-refractivity contribution in [3.63, 3.8) is 0 Å². The quantitative estimate of drug-likeness (QED) is 0.661. The summed E-state index contributed by atoms with van der Waals surface area (Å²) in [5.74, 6) is -0.210. The van der Waals surface area contributed by atoms with E-state index in [1.807, 2.05) is 13.8 Å². The zero-order valence-corrected chi connectivity index (χ0v) is 14.9. The molecule has 24 heavy (non-hydrogen) atoms. The predicted octanol–water partition coefficient (Wildman–Crippen LogP) is 1.47. The molecule has 2 aliphatic rings. The highest BCUT2D eigenvalue weighted by molar-refractivity contribution is 5.81. The Morgan fingerprint density at radius 3 is 2.54 bits per heavy atom. The van der Waals surface area contributed by atoms with E-state index in [9.17, 15) is 14.4 Å². The molecule has 3 amide bonds. The van der Waals surface area contributed by atoms with Gasteiger partial charge in [-0.1, -0.05) is 12.8 Å². The van der Waals surface area contributed by atoms with Crippen molar-refractivity contribution in [3.05, 3.63) is 0 Å². The zero-order valence-electron chi connectivity index (χ0n) is 14.9. The largest absolute Gasteiger partial charge is 0.466 e. The van der Waals surface area contributed by atoms with Gasteiger partial charge in [-0.2, -0.15) is 0 Å². The molecule has 0 unspecified atom stereocenters. The van der Waals surface area contributed by atoms with Crippen LogP contribution in [0.25, 0.3) is 0 Å². The van der Waals surface area contributed by atoms with Crippen molar-refractivity contribution in [2.75, 3.05) is 13.2 Å². The van der Waals surface area contributed by atoms with Crippen LogP contribution < -0.4 is 16.0 Å². The highest BCUT2D eigenvalue weighted by Gasteiger charge is 2.43. The second-order valence-electron chi connectivity index (χ2n) is 7.40. The molecule has 1 atom stereocenters. The number of rotatable bonds is 5. The topological polar surface area (TPSA) is 96.5 Å². The van der Waals surface area contributed by atoms with Gasteiger partial charge >= 0.3 is 12.0 Å². The number of hydrogen-bond acceptors (Lipinski definition) is 4. The van der Waals surface area contributed by atoms with E-state index < -0.39 is 11.0 Å². The molecule has 0 spiro atoms. The lowest BCUT2D eigenvalue weighted by Gasteiger charge is -2.39. The molecular formula is C17H29N3O4. The Hall–Kier alpha value is -1.79. The van der Waals surface area contributed by atoms with Gasteiger partial charge in [0.15, 0.2) is 0 Å². The molecule has 1 heterocycles. The van der Waals surface area contributed by atoms with Crippen LogP contribution in [0.2, 0.25) is 0 Å². The fourth-order valence-electron chi connectivity index (χ4n) is 3.65. The van der Waals surface area contributed by atoms with Crippen LogP contribution in [0.5, 0.6) is 0 Å². The summed E-state index contributed by atoms with van der Waals surface area (Å²) in [6.45, 7) is 6.22. The summed E-state index contributed by atoms with van der Waals surface area (Å²) in [6, 6.07) is -0.447. The molecule has 1 saturated carbocycles. The van der Waals surface area contributed by atoms with Crippen molar-refractivity contribution < 1.29 is 19.1 Å². The molecule has 136 valence electrons. The van der Waals surface area contributed by atoms with Crippen molar-refractivity contribution in [3.8, 4) is 0 Å². The molecule has 0 radical (unpaired) electrons. The monoisotopic (exact) mass is 339 g/mol. The minimum Gasteiger partial charge on any atom is -0.466 e. The molecule has 7 heteroatoms. The average molecular weight is 339 g/mol. The van der Waals surface area contributed by atoms with E-state index in [1.54, 1.807) is 6.92 Å². The molecule has 1 saturated heterocycles. The van der Waals surface area contributed by atoms with Crippen molar-refractivity contribution in [2.24, 2.45) is 5.41 Å². The number of amides is 3. The van der Waals surface area contributed by atoms with Crippen LogP contribution in [0.15, 0.2) is 0 Å². The maximum absolute atomic E-state index is 12.3. The maximum Gasteiger partial charge on any atom is 0.315 e. The van der Waals surface area contributed by atoms with Gasteiger partial charge in [0.1, 0.15) is 0 Å². The lowest BCUT2D eigenvalue weighted by molar-refractivity contribution is -0.154. The van der Waals surface area contributed by atoms with Gasteiger partial charge in [0, 0.05) is 13.0 Å². The standard InChI is InChI=1S/C17H29N3O4/c1-4-24-14(22)17(9-5-6-10-17)11-18-15(23)19-12-7-8-13(21)20-16(12,2)3/h12H,4-11H2,1-3H3,(H,20,21)(H2,18,19,23)/t12-/m1/s1. The van der Waals surface area contributed by atoms with Gasteiger partial charge in [0.2, 0.25) is 5.91 Å². The van der Waals surface area contributed by atoms with E-state index in [-0.39, 0.29) is 30.5 Å². The van der Waals surface area contributed by atoms with Gasteiger partial charge in [-0.25, -0.2) is 4.79 Å². The van der Waals surface area contributed by atoms with E-state index in [0.29, 0.717) is 19.4 Å². The summed E-state index contributed by atoms with van der Waals surface area (Å²) >= 11 is 0. The normalized spacial score (nSPS) is 24.8. The van der Waals surface area contributed by atoms with Crippen LogP contribution in [-0.4, -0.2) is 42.6 Å². The molecule has 2 fully saturated rings. The lowest BCUT2D eigenvalue weighted by Crippen LogP contribution is -2.63. The smallest absolute Gasteiger partial charge is 0.315 e. The number of esters is 1. The summed E-state index contributed by atoms with van der Waals surface area (Å²) in [4.78, 5) is 36.0. The molecule has 3 N–H and O–H groups in total. The van der Waals surface area contributed by atoms with Gasteiger partial charge in [0.05, 0.1) is 23.6 Å². The van der Waals surface area contributed by atoms with E-state index in [2.05, 4.69) is 16.0 Å². The van der Waals surface area contributed by atoms with E-state index in [4.69, 9.17) is 4.74 Å². The van der Waals surface area contributed by atoms with Gasteiger partial charge in [-0.3, -0.25) is 9.59 Å². The summed E-state index contributed by atoms with van der Waals surface area (Å²) in [7, 11) is 0. The van der Waals surface area contributed by atoms with Gasteiger partial charge in [-0.15, -0.1) is 0 Å². The first-order valence-corrected chi connectivity index (χ1v) is 8.82. The van der Waals surface area contributed by atoms with Crippen molar-refractivity contribution >= 4 is 17.9 Å². The van der Waals surface area contributed by atoms with Crippen molar-refractivity contribution in [1.29, 1.82) is 0 Å². The third-order valence-electron chi connectivity index (χ3n) is 5.15. The fourth-order valence-corrected chi connectivity index (χ4v) is 3.65. The molecule has 0 aromatic heterocycles. The average Bonchev–Trinajstić information content (AvgIpc) is 2.98. The summed E-state index contributed by atoms with van der Waals surface area (Å²) in [5.41, 5.74) is -1.08. The molecular weight excluding hydrogens is 310 g/mol. The molecule has 2 rings (SSSR count). The molecule has 0 aromatic carbocycles. The number of piperidine rings is 1. The van der Waals surface area contributed by atoms with Crippen LogP contribution in [0.3, 0.4) is 0 Å². The minimum absolute atomic E-state index is 0.00526. The van der Waals surface area contributed by atoms with Gasteiger partial charge < -0.3 is 20.7 Å². The number of carbonyl (C=O) groups is 3. The van der Waals surface area contributed by atoms with Crippen LogP contribution in [0.1, 0.15) is 59.3 Å². The SMILES string of the molecule is CCOC(=O)C1(CNC(=O)N[C@@H]2CCC(=O)NC2(C)C)CCCC1. The fraction of sp³-hybridized carbons (Fsp3) is 0.824. The first kappa shape index (κ1) is 18.5. The summed E-state index contributed by atoms with van der Waals surface area (Å²) in [5, 5.41) is 8.66. The zero-order chi connectivity index (χ0) is 17.8. The Morgan fingerprint density at radius 1 is 1.29 bits per heavy atom.